The molecule has 0 saturated heterocycles. The number of carbonyl (C=O) groups is 2. The van der Waals surface area contributed by atoms with Crippen molar-refractivity contribution in [3.63, 3.8) is 0 Å². The highest BCUT2D eigenvalue weighted by Gasteiger charge is 2.32. The first kappa shape index (κ1) is 28.9. The Morgan fingerprint density at radius 3 is 2.20 bits per heavy atom. The zero-order chi connectivity index (χ0) is 26.3. The van der Waals surface area contributed by atoms with E-state index < -0.39 is 34.3 Å². The van der Waals surface area contributed by atoms with Crippen LogP contribution in [0.1, 0.15) is 32.8 Å². The van der Waals surface area contributed by atoms with E-state index in [0.717, 1.165) is 16.6 Å². The van der Waals surface area contributed by atoms with Crippen LogP contribution in [0.5, 0.6) is 0 Å². The first-order chi connectivity index (χ1) is 16.3. The summed E-state index contributed by atoms with van der Waals surface area (Å²) in [4.78, 5) is 27.9. The van der Waals surface area contributed by atoms with Crippen molar-refractivity contribution in [2.45, 2.75) is 39.8 Å². The van der Waals surface area contributed by atoms with E-state index in [2.05, 4.69) is 5.32 Å². The van der Waals surface area contributed by atoms with E-state index in [9.17, 15) is 22.4 Å². The maximum absolute atomic E-state index is 13.8. The fourth-order valence-electron chi connectivity index (χ4n) is 3.44. The molecule has 0 heterocycles. The van der Waals surface area contributed by atoms with Crippen LogP contribution in [-0.2, 0) is 26.2 Å². The van der Waals surface area contributed by atoms with Crippen molar-refractivity contribution < 1.29 is 22.4 Å². The standard InChI is InChI=1S/C24H30Cl2FN3O4S/c1-5-22(24(32)28-13-16(2)3)29(14-19-20(25)10-7-11-21(19)26)23(31)15-30(35(4,33)34)18-9-6-8-17(27)12-18/h6-12,16,22H,5,13-15H2,1-4H3,(H,28,32)/t22-/m1/s1. The molecule has 0 aliphatic rings. The number of hydrogen-bond acceptors (Lipinski definition) is 4. The van der Waals surface area contributed by atoms with Gasteiger partial charge in [0, 0.05) is 28.7 Å². The Balaban J connectivity index is 2.48. The van der Waals surface area contributed by atoms with Gasteiger partial charge in [-0.3, -0.25) is 13.9 Å². The SMILES string of the molecule is CC[C@H](C(=O)NCC(C)C)N(Cc1c(Cl)cccc1Cl)C(=O)CN(c1cccc(F)c1)S(C)(=O)=O. The molecular formula is C24H30Cl2FN3O4S. The Morgan fingerprint density at radius 2 is 1.69 bits per heavy atom. The second-order valence-electron chi connectivity index (χ2n) is 8.53. The van der Waals surface area contributed by atoms with Gasteiger partial charge < -0.3 is 10.2 Å². The van der Waals surface area contributed by atoms with Gasteiger partial charge in [-0.1, -0.05) is 56.1 Å². The lowest BCUT2D eigenvalue weighted by molar-refractivity contribution is -0.140. The summed E-state index contributed by atoms with van der Waals surface area (Å²) >= 11 is 12.7. The van der Waals surface area contributed by atoms with Gasteiger partial charge in [0.2, 0.25) is 21.8 Å². The maximum Gasteiger partial charge on any atom is 0.244 e. The molecule has 2 aromatic rings. The van der Waals surface area contributed by atoms with Gasteiger partial charge in [-0.25, -0.2) is 12.8 Å². The number of nitrogens with one attached hydrogen (secondary N) is 1. The number of rotatable bonds is 11. The minimum absolute atomic E-state index is 0.00566. The minimum atomic E-state index is -3.96. The molecule has 192 valence electrons. The molecule has 0 spiro atoms. The van der Waals surface area contributed by atoms with Gasteiger partial charge in [0.25, 0.3) is 0 Å². The number of halogens is 3. The third kappa shape index (κ3) is 8.08. The molecule has 2 amide bonds. The fraction of sp³-hybridized carbons (Fsp3) is 0.417. The number of hydrogen-bond donors (Lipinski definition) is 1. The van der Waals surface area contributed by atoms with Gasteiger partial charge in [0.15, 0.2) is 0 Å². The lowest BCUT2D eigenvalue weighted by atomic mass is 10.1. The van der Waals surface area contributed by atoms with Crippen molar-refractivity contribution in [2.24, 2.45) is 5.92 Å². The number of nitrogens with zero attached hydrogens (tertiary/aromatic N) is 2. The van der Waals surface area contributed by atoms with E-state index in [4.69, 9.17) is 23.2 Å². The summed E-state index contributed by atoms with van der Waals surface area (Å²) in [5.41, 5.74) is 0.421. The molecular weight excluding hydrogens is 516 g/mol. The molecule has 1 N–H and O–H groups in total. The van der Waals surface area contributed by atoms with Gasteiger partial charge in [0.05, 0.1) is 11.9 Å². The summed E-state index contributed by atoms with van der Waals surface area (Å²) in [5, 5.41) is 3.43. The molecule has 0 radical (unpaired) electrons. The predicted molar refractivity (Wildman–Crippen MR) is 138 cm³/mol. The normalized spacial score (nSPS) is 12.3. The molecule has 0 unspecified atom stereocenters. The van der Waals surface area contributed by atoms with Gasteiger partial charge in [-0.15, -0.1) is 0 Å². The number of anilines is 1. The second kappa shape index (κ2) is 12.6. The molecule has 35 heavy (non-hydrogen) atoms. The lowest BCUT2D eigenvalue weighted by Gasteiger charge is -2.33. The van der Waals surface area contributed by atoms with E-state index >= 15 is 0 Å². The van der Waals surface area contributed by atoms with Crippen molar-refractivity contribution in [3.05, 3.63) is 63.9 Å². The fourth-order valence-corrected chi connectivity index (χ4v) is 4.80. The third-order valence-electron chi connectivity index (χ3n) is 5.24. The summed E-state index contributed by atoms with van der Waals surface area (Å²) < 4.78 is 39.7. The molecule has 7 nitrogen and oxygen atoms in total. The largest absolute Gasteiger partial charge is 0.354 e. The second-order valence-corrected chi connectivity index (χ2v) is 11.3. The van der Waals surface area contributed by atoms with Crippen LogP contribution in [0.15, 0.2) is 42.5 Å². The van der Waals surface area contributed by atoms with Gasteiger partial charge in [-0.05, 0) is 42.7 Å². The van der Waals surface area contributed by atoms with Crippen LogP contribution in [0.4, 0.5) is 10.1 Å². The number of benzene rings is 2. The van der Waals surface area contributed by atoms with E-state index in [1.807, 2.05) is 13.8 Å². The Labute approximate surface area is 216 Å². The highest BCUT2D eigenvalue weighted by molar-refractivity contribution is 7.92. The van der Waals surface area contributed by atoms with Crippen LogP contribution in [0.3, 0.4) is 0 Å². The maximum atomic E-state index is 13.8. The van der Waals surface area contributed by atoms with E-state index in [1.54, 1.807) is 25.1 Å². The average molecular weight is 546 g/mol. The van der Waals surface area contributed by atoms with Crippen LogP contribution in [0.25, 0.3) is 0 Å². The highest BCUT2D eigenvalue weighted by atomic mass is 35.5. The van der Waals surface area contributed by atoms with E-state index in [1.165, 1.54) is 23.1 Å². The quantitative estimate of drug-likeness (QED) is 0.451. The molecule has 2 rings (SSSR count). The molecule has 1 atom stereocenters. The minimum Gasteiger partial charge on any atom is -0.354 e. The zero-order valence-electron chi connectivity index (χ0n) is 20.1. The Bertz CT molecular complexity index is 1140. The predicted octanol–water partition coefficient (Wildman–Crippen LogP) is 4.48. The van der Waals surface area contributed by atoms with Crippen LogP contribution in [-0.4, -0.2) is 50.5 Å². The molecule has 2 aromatic carbocycles. The van der Waals surface area contributed by atoms with Crippen LogP contribution in [0, 0.1) is 11.7 Å². The molecule has 0 fully saturated rings. The molecule has 0 aliphatic carbocycles. The number of amides is 2. The summed E-state index contributed by atoms with van der Waals surface area (Å²) in [7, 11) is -3.96. The summed E-state index contributed by atoms with van der Waals surface area (Å²) in [6.45, 7) is 5.27. The van der Waals surface area contributed by atoms with Gasteiger partial charge in [-0.2, -0.15) is 0 Å². The first-order valence-corrected chi connectivity index (χ1v) is 13.7. The van der Waals surface area contributed by atoms with Crippen LogP contribution in [0.2, 0.25) is 10.0 Å². The van der Waals surface area contributed by atoms with Crippen molar-refractivity contribution in [1.82, 2.24) is 10.2 Å². The Morgan fingerprint density at radius 1 is 1.09 bits per heavy atom. The van der Waals surface area contributed by atoms with E-state index in [-0.39, 0.29) is 30.5 Å². The van der Waals surface area contributed by atoms with Crippen LogP contribution >= 0.6 is 23.2 Å². The lowest BCUT2D eigenvalue weighted by Crippen LogP contribution is -2.52. The number of carbonyl (C=O) groups excluding carboxylic acids is 2. The Kier molecular flexibility index (Phi) is 10.4. The molecule has 0 aliphatic heterocycles. The molecule has 0 saturated carbocycles. The Hall–Kier alpha value is -2.36. The van der Waals surface area contributed by atoms with E-state index in [0.29, 0.717) is 22.2 Å². The smallest absolute Gasteiger partial charge is 0.244 e. The van der Waals surface area contributed by atoms with Crippen molar-refractivity contribution in [1.29, 1.82) is 0 Å². The topological polar surface area (TPSA) is 86.8 Å². The molecule has 0 aromatic heterocycles. The van der Waals surface area contributed by atoms with Crippen LogP contribution < -0.4 is 9.62 Å². The summed E-state index contributed by atoms with van der Waals surface area (Å²) in [5.74, 6) is -1.51. The van der Waals surface area contributed by atoms with Gasteiger partial charge >= 0.3 is 0 Å². The van der Waals surface area contributed by atoms with Crippen molar-refractivity contribution >= 4 is 50.7 Å². The third-order valence-corrected chi connectivity index (χ3v) is 7.08. The summed E-state index contributed by atoms with van der Waals surface area (Å²) in [6, 6.07) is 8.90. The van der Waals surface area contributed by atoms with Gasteiger partial charge in [0.1, 0.15) is 18.4 Å². The highest BCUT2D eigenvalue weighted by Crippen LogP contribution is 2.27. The molecule has 11 heteroatoms. The molecule has 0 bridgehead atoms. The van der Waals surface area contributed by atoms with Crippen molar-refractivity contribution in [3.8, 4) is 0 Å². The number of sulfonamides is 1. The first-order valence-electron chi connectivity index (χ1n) is 11.1. The average Bonchev–Trinajstić information content (AvgIpc) is 2.76. The summed E-state index contributed by atoms with van der Waals surface area (Å²) in [6.07, 6.45) is 1.18. The van der Waals surface area contributed by atoms with Crippen molar-refractivity contribution in [2.75, 3.05) is 23.7 Å². The zero-order valence-corrected chi connectivity index (χ0v) is 22.4. The monoisotopic (exact) mass is 545 g/mol.